The minimum atomic E-state index is 0. The maximum absolute atomic E-state index is 5.29. The average molecular weight is 472 g/mol. The van der Waals surface area contributed by atoms with Gasteiger partial charge in [0.1, 0.15) is 0 Å². The molecule has 0 saturated heterocycles. The van der Waals surface area contributed by atoms with Crippen LogP contribution in [0.25, 0.3) is 0 Å². The fourth-order valence-corrected chi connectivity index (χ4v) is 3.68. The predicted octanol–water partition coefficient (Wildman–Crippen LogP) is 3.84. The number of hydrogen-bond donors (Lipinski definition) is 2. The number of halogens is 1. The molecule has 2 N–H and O–H groups in total. The highest BCUT2D eigenvalue weighted by molar-refractivity contribution is 14.0. The lowest BCUT2D eigenvalue weighted by Crippen LogP contribution is -2.40. The highest BCUT2D eigenvalue weighted by Crippen LogP contribution is 2.51. The van der Waals surface area contributed by atoms with Gasteiger partial charge in [0.2, 0.25) is 0 Å². The van der Waals surface area contributed by atoms with Crippen LogP contribution in [-0.2, 0) is 13.0 Å². The van der Waals surface area contributed by atoms with Gasteiger partial charge in [-0.05, 0) is 31.4 Å². The quantitative estimate of drug-likeness (QED) is 0.364. The Balaban J connectivity index is 0.00000225. The molecule has 1 heterocycles. The zero-order valence-electron chi connectivity index (χ0n) is 14.6. The highest BCUT2D eigenvalue weighted by atomic mass is 127. The normalized spacial score (nSPS) is 15.4. The second-order valence-electron chi connectivity index (χ2n) is 6.02. The monoisotopic (exact) mass is 472 g/mol. The van der Waals surface area contributed by atoms with Crippen LogP contribution >= 0.6 is 35.7 Å². The van der Waals surface area contributed by atoms with Crippen molar-refractivity contribution in [3.05, 3.63) is 47.9 Å². The number of aliphatic imine (C=N–C) groups is 1. The summed E-state index contributed by atoms with van der Waals surface area (Å²) in [6, 6.07) is 12.6. The first-order valence-corrected chi connectivity index (χ1v) is 9.18. The fourth-order valence-electron chi connectivity index (χ4n) is 2.43. The summed E-state index contributed by atoms with van der Waals surface area (Å²) >= 11 is 1.96. The molecule has 25 heavy (non-hydrogen) atoms. The Labute approximate surface area is 170 Å². The number of aromatic nitrogens is 1. The summed E-state index contributed by atoms with van der Waals surface area (Å²) in [4.78, 5) is 5.62. The first-order valence-electron chi connectivity index (χ1n) is 8.36. The maximum atomic E-state index is 5.29. The van der Waals surface area contributed by atoms with E-state index in [1.807, 2.05) is 17.8 Å². The van der Waals surface area contributed by atoms with Crippen LogP contribution in [0.4, 0.5) is 0 Å². The Hall–Kier alpha value is -1.22. The minimum Gasteiger partial charge on any atom is -0.359 e. The molecule has 5 nitrogen and oxygen atoms in total. The number of hydrogen-bond acceptors (Lipinski definition) is 4. The lowest BCUT2D eigenvalue weighted by atomic mass is 10.3. The highest BCUT2D eigenvalue weighted by Gasteiger charge is 2.43. The van der Waals surface area contributed by atoms with Gasteiger partial charge in [0.15, 0.2) is 11.7 Å². The summed E-state index contributed by atoms with van der Waals surface area (Å²) in [6.45, 7) is 3.56. The van der Waals surface area contributed by atoms with E-state index in [9.17, 15) is 0 Å². The first-order chi connectivity index (χ1) is 11.7. The average Bonchev–Trinajstić information content (AvgIpc) is 3.21. The summed E-state index contributed by atoms with van der Waals surface area (Å²) in [5, 5.41) is 10.7. The molecule has 0 spiro atoms. The van der Waals surface area contributed by atoms with E-state index in [4.69, 9.17) is 4.52 Å². The Kier molecular flexibility index (Phi) is 7.61. The number of nitrogens with one attached hydrogen (secondary N) is 2. The van der Waals surface area contributed by atoms with Gasteiger partial charge in [0, 0.05) is 29.3 Å². The van der Waals surface area contributed by atoms with E-state index >= 15 is 0 Å². The predicted molar refractivity (Wildman–Crippen MR) is 114 cm³/mol. The first kappa shape index (κ1) is 20.1. The van der Waals surface area contributed by atoms with Crippen molar-refractivity contribution in [1.29, 1.82) is 0 Å². The van der Waals surface area contributed by atoms with Crippen molar-refractivity contribution in [2.75, 3.05) is 13.6 Å². The number of thioether (sulfide) groups is 1. The van der Waals surface area contributed by atoms with E-state index in [1.165, 1.54) is 17.7 Å². The summed E-state index contributed by atoms with van der Waals surface area (Å²) in [5.74, 6) is 1.62. The largest absolute Gasteiger partial charge is 0.359 e. The SMILES string of the molecule is CCc1cc(CNC(=NC)NCC2(Sc3ccccc3)CC2)on1.I. The molecule has 7 heteroatoms. The van der Waals surface area contributed by atoms with E-state index < -0.39 is 0 Å². The molecular formula is C18H25IN4OS. The molecule has 0 amide bonds. The van der Waals surface area contributed by atoms with Gasteiger partial charge in [0.25, 0.3) is 0 Å². The molecule has 1 saturated carbocycles. The van der Waals surface area contributed by atoms with Gasteiger partial charge in [-0.2, -0.15) is 0 Å². The second kappa shape index (κ2) is 9.47. The molecule has 0 atom stereocenters. The number of nitrogens with zero attached hydrogens (tertiary/aromatic N) is 2. The smallest absolute Gasteiger partial charge is 0.191 e. The van der Waals surface area contributed by atoms with Gasteiger partial charge in [0.05, 0.1) is 12.2 Å². The topological polar surface area (TPSA) is 62.5 Å². The van der Waals surface area contributed by atoms with E-state index in [-0.39, 0.29) is 24.0 Å². The van der Waals surface area contributed by atoms with Crippen LogP contribution in [0.15, 0.2) is 50.8 Å². The van der Waals surface area contributed by atoms with Crippen molar-refractivity contribution in [1.82, 2.24) is 15.8 Å². The molecule has 1 aromatic heterocycles. The van der Waals surface area contributed by atoms with Crippen molar-refractivity contribution in [3.8, 4) is 0 Å². The summed E-state index contributed by atoms with van der Waals surface area (Å²) in [6.07, 6.45) is 3.35. The zero-order valence-corrected chi connectivity index (χ0v) is 17.8. The van der Waals surface area contributed by atoms with Gasteiger partial charge in [-0.3, -0.25) is 4.99 Å². The third-order valence-electron chi connectivity index (χ3n) is 4.09. The van der Waals surface area contributed by atoms with Crippen LogP contribution in [0.2, 0.25) is 0 Å². The second-order valence-corrected chi connectivity index (χ2v) is 7.56. The van der Waals surface area contributed by atoms with Gasteiger partial charge in [-0.25, -0.2) is 0 Å². The maximum Gasteiger partial charge on any atom is 0.191 e. The summed E-state index contributed by atoms with van der Waals surface area (Å²) in [5.41, 5.74) is 0.978. The molecule has 1 aliphatic carbocycles. The summed E-state index contributed by atoms with van der Waals surface area (Å²) < 4.78 is 5.58. The van der Waals surface area contributed by atoms with Gasteiger partial charge >= 0.3 is 0 Å². The number of guanidine groups is 1. The van der Waals surface area contributed by atoms with E-state index in [0.29, 0.717) is 11.3 Å². The third kappa shape index (κ3) is 5.91. The fraction of sp³-hybridized carbons (Fsp3) is 0.444. The van der Waals surface area contributed by atoms with Crippen LogP contribution in [0, 0.1) is 0 Å². The molecule has 1 aromatic carbocycles. The molecular weight excluding hydrogens is 447 g/mol. The minimum absolute atomic E-state index is 0. The molecule has 2 aromatic rings. The summed E-state index contributed by atoms with van der Waals surface area (Å²) in [7, 11) is 1.79. The molecule has 3 rings (SSSR count). The molecule has 0 unspecified atom stereocenters. The Morgan fingerprint density at radius 3 is 2.64 bits per heavy atom. The van der Waals surface area contributed by atoms with Crippen LogP contribution in [0.3, 0.4) is 0 Å². The number of benzene rings is 1. The molecule has 0 aliphatic heterocycles. The molecule has 1 aliphatic rings. The van der Waals surface area contributed by atoms with E-state index in [2.05, 4.69) is 58.0 Å². The van der Waals surface area contributed by atoms with Gasteiger partial charge < -0.3 is 15.2 Å². The third-order valence-corrected chi connectivity index (χ3v) is 5.58. The van der Waals surface area contributed by atoms with E-state index in [0.717, 1.165) is 30.4 Å². The lowest BCUT2D eigenvalue weighted by Gasteiger charge is -2.18. The molecule has 0 radical (unpaired) electrons. The Morgan fingerprint density at radius 2 is 2.04 bits per heavy atom. The van der Waals surface area contributed by atoms with E-state index in [1.54, 1.807) is 7.05 Å². The van der Waals surface area contributed by atoms with Crippen LogP contribution in [0.1, 0.15) is 31.2 Å². The molecule has 0 bridgehead atoms. The van der Waals surface area contributed by atoms with Gasteiger partial charge in [-0.1, -0.05) is 30.3 Å². The standard InChI is InChI=1S/C18H24N4OS.HI/c1-3-14-11-15(23-22-14)12-20-17(19-2)21-13-18(9-10-18)24-16-7-5-4-6-8-16;/h4-8,11H,3,9-10,12-13H2,1-2H3,(H2,19,20,21);1H. The number of aryl methyl sites for hydroxylation is 1. The van der Waals surface area contributed by atoms with Crippen LogP contribution in [-0.4, -0.2) is 29.5 Å². The van der Waals surface area contributed by atoms with Gasteiger partial charge in [-0.15, -0.1) is 35.7 Å². The van der Waals surface area contributed by atoms with Crippen molar-refractivity contribution in [2.24, 2.45) is 4.99 Å². The zero-order chi connectivity index (χ0) is 16.8. The van der Waals surface area contributed by atoms with Crippen molar-refractivity contribution in [3.63, 3.8) is 0 Å². The molecule has 136 valence electrons. The Morgan fingerprint density at radius 1 is 1.28 bits per heavy atom. The Bertz CT molecular complexity index is 685. The van der Waals surface area contributed by atoms with Crippen LogP contribution in [0.5, 0.6) is 0 Å². The van der Waals surface area contributed by atoms with Crippen molar-refractivity contribution >= 4 is 41.7 Å². The van der Waals surface area contributed by atoms with Crippen LogP contribution < -0.4 is 10.6 Å². The lowest BCUT2D eigenvalue weighted by molar-refractivity contribution is 0.374. The van der Waals surface area contributed by atoms with Crippen molar-refractivity contribution in [2.45, 2.75) is 42.4 Å². The number of rotatable bonds is 7. The molecule has 1 fully saturated rings. The van der Waals surface area contributed by atoms with Crippen molar-refractivity contribution < 1.29 is 4.52 Å².